The van der Waals surface area contributed by atoms with E-state index >= 15 is 0 Å². The van der Waals surface area contributed by atoms with Gasteiger partial charge in [0.05, 0.1) is 4.90 Å². The zero-order chi connectivity index (χ0) is 12.3. The molecule has 1 heterocycles. The van der Waals surface area contributed by atoms with Gasteiger partial charge >= 0.3 is 0 Å². The summed E-state index contributed by atoms with van der Waals surface area (Å²) in [6.45, 7) is 4.59. The first-order chi connectivity index (χ1) is 8.14. The Kier molecular flexibility index (Phi) is 3.81. The van der Waals surface area contributed by atoms with Crippen LogP contribution in [-0.2, 0) is 16.4 Å². The van der Waals surface area contributed by atoms with Crippen LogP contribution in [0.1, 0.15) is 12.5 Å². The van der Waals surface area contributed by atoms with Crippen molar-refractivity contribution in [3.63, 3.8) is 0 Å². The molecule has 1 aromatic carbocycles. The number of hydrogen-bond donors (Lipinski definition) is 1. The Morgan fingerprint density at radius 3 is 2.65 bits per heavy atom. The number of nitrogens with one attached hydrogen (secondary N) is 1. The summed E-state index contributed by atoms with van der Waals surface area (Å²) in [5, 5.41) is 3.15. The van der Waals surface area contributed by atoms with Gasteiger partial charge in [0.25, 0.3) is 0 Å². The van der Waals surface area contributed by atoms with Crippen LogP contribution >= 0.6 is 0 Å². The highest BCUT2D eigenvalue weighted by Gasteiger charge is 2.25. The Balaban J connectivity index is 2.29. The van der Waals surface area contributed by atoms with Crippen molar-refractivity contribution in [1.29, 1.82) is 0 Å². The Labute approximate surface area is 103 Å². The Morgan fingerprint density at radius 1 is 1.29 bits per heavy atom. The minimum atomic E-state index is -3.30. The standard InChI is InChI=1S/C12H18N2O2S/c1-2-11-4-3-5-12(10-11)17(15,16)14-8-6-13-7-9-14/h3-5,10,13H,2,6-9H2,1H3. The molecule has 17 heavy (non-hydrogen) atoms. The highest BCUT2D eigenvalue weighted by atomic mass is 32.2. The summed E-state index contributed by atoms with van der Waals surface area (Å²) in [4.78, 5) is 0.416. The second-order valence-electron chi connectivity index (χ2n) is 4.16. The van der Waals surface area contributed by atoms with Gasteiger partial charge in [0, 0.05) is 26.2 Å². The van der Waals surface area contributed by atoms with Gasteiger partial charge in [0.1, 0.15) is 0 Å². The lowest BCUT2D eigenvalue weighted by molar-refractivity contribution is 0.360. The summed E-state index contributed by atoms with van der Waals surface area (Å²) in [6.07, 6.45) is 0.852. The van der Waals surface area contributed by atoms with E-state index in [1.807, 2.05) is 19.1 Å². The zero-order valence-electron chi connectivity index (χ0n) is 10.0. The Bertz CT molecular complexity index is 479. The predicted octanol–water partition coefficient (Wildman–Crippen LogP) is 0.843. The summed E-state index contributed by atoms with van der Waals surface area (Å²) in [5.41, 5.74) is 1.06. The van der Waals surface area contributed by atoms with Gasteiger partial charge in [-0.2, -0.15) is 4.31 Å². The topological polar surface area (TPSA) is 49.4 Å². The van der Waals surface area contributed by atoms with E-state index in [1.165, 1.54) is 0 Å². The lowest BCUT2D eigenvalue weighted by Gasteiger charge is -2.26. The molecule has 2 rings (SSSR count). The van der Waals surface area contributed by atoms with E-state index in [0.717, 1.165) is 25.1 Å². The molecule has 0 aromatic heterocycles. The van der Waals surface area contributed by atoms with Gasteiger partial charge in [-0.15, -0.1) is 0 Å². The van der Waals surface area contributed by atoms with Crippen LogP contribution in [0.3, 0.4) is 0 Å². The number of piperazine rings is 1. The van der Waals surface area contributed by atoms with Crippen LogP contribution in [0, 0.1) is 0 Å². The van der Waals surface area contributed by atoms with E-state index in [0.29, 0.717) is 18.0 Å². The van der Waals surface area contributed by atoms with E-state index in [9.17, 15) is 8.42 Å². The van der Waals surface area contributed by atoms with Crippen molar-refractivity contribution in [3.8, 4) is 0 Å². The molecule has 0 saturated carbocycles. The quantitative estimate of drug-likeness (QED) is 0.869. The first-order valence-electron chi connectivity index (χ1n) is 5.94. The van der Waals surface area contributed by atoms with Gasteiger partial charge in [0.2, 0.25) is 10.0 Å². The molecule has 0 atom stereocenters. The SMILES string of the molecule is CCc1cccc(S(=O)(=O)N2CCNCC2)c1. The molecule has 94 valence electrons. The summed E-state index contributed by atoms with van der Waals surface area (Å²) < 4.78 is 26.3. The van der Waals surface area contributed by atoms with Crippen molar-refractivity contribution < 1.29 is 8.42 Å². The van der Waals surface area contributed by atoms with Gasteiger partial charge < -0.3 is 5.32 Å². The Hall–Kier alpha value is -0.910. The maximum absolute atomic E-state index is 12.4. The molecule has 4 nitrogen and oxygen atoms in total. The molecule has 1 aliphatic heterocycles. The second-order valence-corrected chi connectivity index (χ2v) is 6.09. The molecular formula is C12H18N2O2S. The fourth-order valence-corrected chi connectivity index (χ4v) is 3.47. The van der Waals surface area contributed by atoms with Gasteiger partial charge in [-0.25, -0.2) is 8.42 Å². The van der Waals surface area contributed by atoms with E-state index in [-0.39, 0.29) is 0 Å². The van der Waals surface area contributed by atoms with Gasteiger partial charge in [0.15, 0.2) is 0 Å². The van der Waals surface area contributed by atoms with Crippen molar-refractivity contribution in [2.45, 2.75) is 18.2 Å². The van der Waals surface area contributed by atoms with E-state index in [2.05, 4.69) is 5.32 Å². The smallest absolute Gasteiger partial charge is 0.243 e. The molecule has 0 aliphatic carbocycles. The molecule has 0 unspecified atom stereocenters. The first-order valence-corrected chi connectivity index (χ1v) is 7.38. The van der Waals surface area contributed by atoms with Crippen molar-refractivity contribution in [3.05, 3.63) is 29.8 Å². The van der Waals surface area contributed by atoms with Crippen LogP contribution in [0.4, 0.5) is 0 Å². The minimum absolute atomic E-state index is 0.416. The molecular weight excluding hydrogens is 236 g/mol. The van der Waals surface area contributed by atoms with Crippen LogP contribution in [-0.4, -0.2) is 38.9 Å². The van der Waals surface area contributed by atoms with Crippen LogP contribution in [0.25, 0.3) is 0 Å². The average molecular weight is 254 g/mol. The normalized spacial score (nSPS) is 18.2. The largest absolute Gasteiger partial charge is 0.314 e. The number of hydrogen-bond acceptors (Lipinski definition) is 3. The molecule has 0 radical (unpaired) electrons. The average Bonchev–Trinajstić information content (AvgIpc) is 2.40. The van der Waals surface area contributed by atoms with Crippen molar-refractivity contribution in [2.75, 3.05) is 26.2 Å². The second kappa shape index (κ2) is 5.16. The lowest BCUT2D eigenvalue weighted by atomic mass is 10.2. The number of aryl methyl sites for hydroxylation is 1. The van der Waals surface area contributed by atoms with Crippen molar-refractivity contribution >= 4 is 10.0 Å². The molecule has 1 fully saturated rings. The van der Waals surface area contributed by atoms with Gasteiger partial charge in [-0.1, -0.05) is 19.1 Å². The lowest BCUT2D eigenvalue weighted by Crippen LogP contribution is -2.46. The molecule has 1 aromatic rings. The van der Waals surface area contributed by atoms with E-state index in [1.54, 1.807) is 16.4 Å². The van der Waals surface area contributed by atoms with Crippen LogP contribution in [0.15, 0.2) is 29.2 Å². The number of rotatable bonds is 3. The molecule has 1 saturated heterocycles. The van der Waals surface area contributed by atoms with Crippen LogP contribution in [0.5, 0.6) is 0 Å². The Morgan fingerprint density at radius 2 is 2.00 bits per heavy atom. The molecule has 0 amide bonds. The van der Waals surface area contributed by atoms with Gasteiger partial charge in [-0.3, -0.25) is 0 Å². The maximum atomic E-state index is 12.4. The number of nitrogens with zero attached hydrogens (tertiary/aromatic N) is 1. The highest BCUT2D eigenvalue weighted by molar-refractivity contribution is 7.89. The monoisotopic (exact) mass is 254 g/mol. The third-order valence-electron chi connectivity index (χ3n) is 3.02. The molecule has 0 spiro atoms. The summed E-state index contributed by atoms with van der Waals surface area (Å²) in [6, 6.07) is 7.22. The molecule has 1 N–H and O–H groups in total. The summed E-state index contributed by atoms with van der Waals surface area (Å²) in [7, 11) is -3.30. The minimum Gasteiger partial charge on any atom is -0.314 e. The van der Waals surface area contributed by atoms with Crippen LogP contribution < -0.4 is 5.32 Å². The third kappa shape index (κ3) is 2.68. The van der Waals surface area contributed by atoms with E-state index < -0.39 is 10.0 Å². The summed E-state index contributed by atoms with van der Waals surface area (Å²) in [5.74, 6) is 0. The predicted molar refractivity (Wildman–Crippen MR) is 67.4 cm³/mol. The number of benzene rings is 1. The highest BCUT2D eigenvalue weighted by Crippen LogP contribution is 2.17. The number of sulfonamides is 1. The zero-order valence-corrected chi connectivity index (χ0v) is 10.8. The first kappa shape index (κ1) is 12.5. The maximum Gasteiger partial charge on any atom is 0.243 e. The van der Waals surface area contributed by atoms with Crippen molar-refractivity contribution in [1.82, 2.24) is 9.62 Å². The molecule has 1 aliphatic rings. The van der Waals surface area contributed by atoms with E-state index in [4.69, 9.17) is 0 Å². The third-order valence-corrected chi connectivity index (χ3v) is 4.92. The van der Waals surface area contributed by atoms with Crippen molar-refractivity contribution in [2.24, 2.45) is 0 Å². The molecule has 0 bridgehead atoms. The van der Waals surface area contributed by atoms with Gasteiger partial charge in [-0.05, 0) is 24.1 Å². The molecule has 5 heteroatoms. The van der Waals surface area contributed by atoms with Crippen LogP contribution in [0.2, 0.25) is 0 Å². The summed E-state index contributed by atoms with van der Waals surface area (Å²) >= 11 is 0. The fraction of sp³-hybridized carbons (Fsp3) is 0.500. The fourth-order valence-electron chi connectivity index (χ4n) is 1.96.